The van der Waals surface area contributed by atoms with E-state index in [1.54, 1.807) is 13.1 Å². The monoisotopic (exact) mass is 248 g/mol. The Morgan fingerprint density at radius 1 is 1.44 bits per heavy atom. The topological polar surface area (TPSA) is 96.2 Å². The third-order valence-electron chi connectivity index (χ3n) is 2.89. The summed E-state index contributed by atoms with van der Waals surface area (Å²) in [6, 6.07) is 3.60. The Morgan fingerprint density at radius 3 is 2.94 bits per heavy atom. The molecule has 1 aliphatic heterocycles. The molecule has 0 aliphatic carbocycles. The molecule has 18 heavy (non-hydrogen) atoms. The predicted octanol–water partition coefficient (Wildman–Crippen LogP) is 0.311. The van der Waals surface area contributed by atoms with Crippen LogP contribution in [0, 0.1) is 0 Å². The highest BCUT2D eigenvalue weighted by Crippen LogP contribution is 2.30. The molecular weight excluding hydrogens is 232 g/mol. The van der Waals surface area contributed by atoms with Gasteiger partial charge in [0.25, 0.3) is 0 Å². The second-order valence-electron chi connectivity index (χ2n) is 4.17. The van der Waals surface area contributed by atoms with E-state index >= 15 is 0 Å². The fourth-order valence-corrected chi connectivity index (χ4v) is 1.86. The molecule has 2 amide bonds. The lowest BCUT2D eigenvalue weighted by atomic mass is 10.0. The van der Waals surface area contributed by atoms with E-state index in [0.717, 1.165) is 11.3 Å². The van der Waals surface area contributed by atoms with Crippen LogP contribution in [0.5, 0.6) is 0 Å². The van der Waals surface area contributed by atoms with Crippen LogP contribution in [0.2, 0.25) is 0 Å². The van der Waals surface area contributed by atoms with Gasteiger partial charge in [-0.05, 0) is 24.1 Å². The summed E-state index contributed by atoms with van der Waals surface area (Å²) in [6.45, 7) is 0.146. The average molecular weight is 248 g/mol. The van der Waals surface area contributed by atoms with Gasteiger partial charge >= 0.3 is 0 Å². The summed E-state index contributed by atoms with van der Waals surface area (Å²) >= 11 is 0. The van der Waals surface area contributed by atoms with Crippen LogP contribution in [0.3, 0.4) is 0 Å². The summed E-state index contributed by atoms with van der Waals surface area (Å²) in [5, 5.41) is 8.25. The van der Waals surface area contributed by atoms with Gasteiger partial charge in [-0.25, -0.2) is 0 Å². The summed E-state index contributed by atoms with van der Waals surface area (Å²) in [5.41, 5.74) is 8.92. The lowest BCUT2D eigenvalue weighted by molar-refractivity contribution is -0.119. The molecule has 1 aromatic carbocycles. The quantitative estimate of drug-likeness (QED) is 0.579. The third-order valence-corrected chi connectivity index (χ3v) is 2.89. The SMILES string of the molecule is CNC(=O)CNc1cc2c(cc1N)CCC(=O)N2. The number of rotatable bonds is 3. The molecule has 0 unspecified atom stereocenters. The fraction of sp³-hybridized carbons (Fsp3) is 0.333. The van der Waals surface area contributed by atoms with Crippen molar-refractivity contribution in [3.05, 3.63) is 17.7 Å². The Labute approximate surface area is 105 Å². The highest BCUT2D eigenvalue weighted by Gasteiger charge is 2.16. The third kappa shape index (κ3) is 2.53. The molecule has 1 aromatic rings. The van der Waals surface area contributed by atoms with Gasteiger partial charge in [0.15, 0.2) is 0 Å². The van der Waals surface area contributed by atoms with Gasteiger partial charge < -0.3 is 21.7 Å². The van der Waals surface area contributed by atoms with Crippen molar-refractivity contribution in [1.82, 2.24) is 5.32 Å². The van der Waals surface area contributed by atoms with Gasteiger partial charge in [-0.15, -0.1) is 0 Å². The highest BCUT2D eigenvalue weighted by atomic mass is 16.2. The van der Waals surface area contributed by atoms with E-state index in [2.05, 4.69) is 16.0 Å². The molecule has 0 saturated heterocycles. The number of nitrogens with two attached hydrogens (primary N) is 1. The number of hydrogen-bond donors (Lipinski definition) is 4. The molecule has 0 bridgehead atoms. The van der Waals surface area contributed by atoms with Crippen LogP contribution in [-0.2, 0) is 16.0 Å². The van der Waals surface area contributed by atoms with Gasteiger partial charge in [-0.1, -0.05) is 0 Å². The molecule has 2 rings (SSSR count). The van der Waals surface area contributed by atoms with Crippen molar-refractivity contribution in [3.8, 4) is 0 Å². The van der Waals surface area contributed by atoms with E-state index in [4.69, 9.17) is 5.73 Å². The molecule has 6 nitrogen and oxygen atoms in total. The average Bonchev–Trinajstić information content (AvgIpc) is 2.36. The zero-order valence-corrected chi connectivity index (χ0v) is 10.2. The molecule has 0 spiro atoms. The van der Waals surface area contributed by atoms with Gasteiger partial charge in [0.2, 0.25) is 11.8 Å². The zero-order chi connectivity index (χ0) is 13.1. The number of carbonyl (C=O) groups is 2. The Bertz CT molecular complexity index is 499. The summed E-state index contributed by atoms with van der Waals surface area (Å²) in [5.74, 6) is -0.124. The van der Waals surface area contributed by atoms with Crippen LogP contribution in [0.1, 0.15) is 12.0 Å². The van der Waals surface area contributed by atoms with Crippen molar-refractivity contribution in [2.45, 2.75) is 12.8 Å². The molecule has 6 heteroatoms. The number of nitrogen functional groups attached to an aromatic ring is 1. The second-order valence-corrected chi connectivity index (χ2v) is 4.17. The Morgan fingerprint density at radius 2 is 2.22 bits per heavy atom. The van der Waals surface area contributed by atoms with Crippen molar-refractivity contribution in [3.63, 3.8) is 0 Å². The number of likely N-dealkylation sites (N-methyl/N-ethyl adjacent to an activating group) is 1. The molecule has 0 atom stereocenters. The van der Waals surface area contributed by atoms with E-state index in [9.17, 15) is 9.59 Å². The van der Waals surface area contributed by atoms with Crippen molar-refractivity contribution in [1.29, 1.82) is 0 Å². The van der Waals surface area contributed by atoms with Gasteiger partial charge in [-0.3, -0.25) is 9.59 Å². The first-order chi connectivity index (χ1) is 8.60. The van der Waals surface area contributed by atoms with Crippen LogP contribution in [-0.4, -0.2) is 25.4 Å². The molecule has 0 radical (unpaired) electrons. The first kappa shape index (κ1) is 12.2. The highest BCUT2D eigenvalue weighted by molar-refractivity contribution is 5.95. The maximum atomic E-state index is 11.3. The summed E-state index contributed by atoms with van der Waals surface area (Å²) in [4.78, 5) is 22.5. The standard InChI is InChI=1S/C12H16N4O2/c1-14-12(18)6-15-10-5-9-7(4-8(10)13)2-3-11(17)16-9/h4-5,15H,2-3,6,13H2,1H3,(H,14,18)(H,16,17). The second kappa shape index (κ2) is 4.95. The van der Waals surface area contributed by atoms with Gasteiger partial charge in [0, 0.05) is 19.2 Å². The maximum Gasteiger partial charge on any atom is 0.239 e. The predicted molar refractivity (Wildman–Crippen MR) is 70.4 cm³/mol. The number of benzene rings is 1. The van der Waals surface area contributed by atoms with Crippen molar-refractivity contribution < 1.29 is 9.59 Å². The maximum absolute atomic E-state index is 11.3. The van der Waals surface area contributed by atoms with E-state index in [1.165, 1.54) is 0 Å². The molecule has 5 N–H and O–H groups in total. The minimum Gasteiger partial charge on any atom is -0.397 e. The van der Waals surface area contributed by atoms with Crippen molar-refractivity contribution >= 4 is 28.9 Å². The lowest BCUT2D eigenvalue weighted by Gasteiger charge is -2.19. The number of fused-ring (bicyclic) bond motifs is 1. The number of hydrogen-bond acceptors (Lipinski definition) is 4. The first-order valence-electron chi connectivity index (χ1n) is 5.77. The van der Waals surface area contributed by atoms with Crippen LogP contribution >= 0.6 is 0 Å². The van der Waals surface area contributed by atoms with E-state index < -0.39 is 0 Å². The van der Waals surface area contributed by atoms with Gasteiger partial charge in [-0.2, -0.15) is 0 Å². The fourth-order valence-electron chi connectivity index (χ4n) is 1.86. The lowest BCUT2D eigenvalue weighted by Crippen LogP contribution is -2.26. The minimum atomic E-state index is -0.129. The molecule has 1 aliphatic rings. The van der Waals surface area contributed by atoms with E-state index in [-0.39, 0.29) is 18.4 Å². The molecule has 0 fully saturated rings. The molecular formula is C12H16N4O2. The first-order valence-corrected chi connectivity index (χ1v) is 5.77. The summed E-state index contributed by atoms with van der Waals surface area (Å²) in [6.07, 6.45) is 1.18. The van der Waals surface area contributed by atoms with Crippen LogP contribution < -0.4 is 21.7 Å². The molecule has 0 saturated carbocycles. The van der Waals surface area contributed by atoms with Crippen LogP contribution in [0.25, 0.3) is 0 Å². The van der Waals surface area contributed by atoms with Gasteiger partial charge in [0.1, 0.15) is 0 Å². The molecule has 1 heterocycles. The smallest absolute Gasteiger partial charge is 0.239 e. The normalized spacial score (nSPS) is 13.5. The number of nitrogens with one attached hydrogen (secondary N) is 3. The Balaban J connectivity index is 2.18. The largest absolute Gasteiger partial charge is 0.397 e. The molecule has 0 aromatic heterocycles. The number of anilines is 3. The van der Waals surface area contributed by atoms with E-state index in [1.807, 2.05) is 6.07 Å². The number of aryl methyl sites for hydroxylation is 1. The number of carbonyl (C=O) groups excluding carboxylic acids is 2. The summed E-state index contributed by atoms with van der Waals surface area (Å²) < 4.78 is 0. The minimum absolute atomic E-state index is 0.00419. The summed E-state index contributed by atoms with van der Waals surface area (Å²) in [7, 11) is 1.57. The zero-order valence-electron chi connectivity index (χ0n) is 10.2. The number of amides is 2. The van der Waals surface area contributed by atoms with Gasteiger partial charge in [0.05, 0.1) is 17.9 Å². The van der Waals surface area contributed by atoms with Crippen molar-refractivity contribution in [2.24, 2.45) is 0 Å². The van der Waals surface area contributed by atoms with Crippen LogP contribution in [0.4, 0.5) is 17.1 Å². The van der Waals surface area contributed by atoms with E-state index in [0.29, 0.717) is 24.2 Å². The van der Waals surface area contributed by atoms with Crippen molar-refractivity contribution in [2.75, 3.05) is 30.0 Å². The Kier molecular flexibility index (Phi) is 3.36. The Hall–Kier alpha value is -2.24. The molecule has 96 valence electrons. The van der Waals surface area contributed by atoms with Crippen LogP contribution in [0.15, 0.2) is 12.1 Å².